The highest BCUT2D eigenvalue weighted by molar-refractivity contribution is 6.36. The molecule has 0 heterocycles. The third-order valence-electron chi connectivity index (χ3n) is 1.65. The molecular formula is C9H7Cl2N3O3. The first kappa shape index (κ1) is 13.3. The zero-order chi connectivity index (χ0) is 13.0. The first-order valence-electron chi connectivity index (χ1n) is 4.22. The van der Waals surface area contributed by atoms with Gasteiger partial charge in [0.05, 0.1) is 11.2 Å². The van der Waals surface area contributed by atoms with Crippen LogP contribution in [-0.2, 0) is 9.59 Å². The Kier molecular flexibility index (Phi) is 4.30. The van der Waals surface area contributed by atoms with Gasteiger partial charge in [-0.2, -0.15) is 5.10 Å². The highest BCUT2D eigenvalue weighted by Crippen LogP contribution is 2.29. The fourth-order valence-electron chi connectivity index (χ4n) is 0.900. The highest BCUT2D eigenvalue weighted by Gasteiger charge is 2.08. The van der Waals surface area contributed by atoms with Gasteiger partial charge in [0.15, 0.2) is 0 Å². The summed E-state index contributed by atoms with van der Waals surface area (Å²) in [6.45, 7) is 0. The predicted molar refractivity (Wildman–Crippen MR) is 63.1 cm³/mol. The third-order valence-corrected chi connectivity index (χ3v) is 2.16. The molecule has 1 aromatic rings. The van der Waals surface area contributed by atoms with Gasteiger partial charge in [-0.25, -0.2) is 5.43 Å². The van der Waals surface area contributed by atoms with Crippen molar-refractivity contribution in [2.75, 3.05) is 0 Å². The van der Waals surface area contributed by atoms with E-state index < -0.39 is 11.8 Å². The van der Waals surface area contributed by atoms with Crippen molar-refractivity contribution in [3.63, 3.8) is 0 Å². The van der Waals surface area contributed by atoms with Crippen LogP contribution in [0.25, 0.3) is 0 Å². The number of hydrogen-bond acceptors (Lipinski definition) is 4. The van der Waals surface area contributed by atoms with Gasteiger partial charge < -0.3 is 10.8 Å². The second kappa shape index (κ2) is 5.51. The number of nitrogens with one attached hydrogen (secondary N) is 1. The van der Waals surface area contributed by atoms with E-state index in [0.29, 0.717) is 0 Å². The Bertz CT molecular complexity index is 503. The number of halogens is 2. The number of amides is 2. The fourth-order valence-corrected chi connectivity index (χ4v) is 1.41. The van der Waals surface area contributed by atoms with Crippen LogP contribution in [0.4, 0.5) is 0 Å². The summed E-state index contributed by atoms with van der Waals surface area (Å²) < 4.78 is 0. The zero-order valence-corrected chi connectivity index (χ0v) is 9.79. The summed E-state index contributed by atoms with van der Waals surface area (Å²) >= 11 is 11.3. The van der Waals surface area contributed by atoms with Gasteiger partial charge in [-0.3, -0.25) is 9.59 Å². The molecule has 8 heteroatoms. The molecule has 0 unspecified atom stereocenters. The molecule has 4 N–H and O–H groups in total. The highest BCUT2D eigenvalue weighted by atomic mass is 35.5. The van der Waals surface area contributed by atoms with E-state index >= 15 is 0 Å². The maximum atomic E-state index is 10.7. The number of carbonyl (C=O) groups is 2. The molecule has 1 aromatic carbocycles. The van der Waals surface area contributed by atoms with Crippen LogP contribution in [0.1, 0.15) is 5.56 Å². The lowest BCUT2D eigenvalue weighted by atomic mass is 10.2. The summed E-state index contributed by atoms with van der Waals surface area (Å²) in [7, 11) is 0. The monoisotopic (exact) mass is 275 g/mol. The third kappa shape index (κ3) is 3.61. The molecular weight excluding hydrogens is 269 g/mol. The van der Waals surface area contributed by atoms with Crippen molar-refractivity contribution >= 4 is 41.2 Å². The Labute approximate surface area is 106 Å². The second-order valence-electron chi connectivity index (χ2n) is 2.89. The van der Waals surface area contributed by atoms with Crippen LogP contribution in [0, 0.1) is 0 Å². The molecule has 0 spiro atoms. The number of rotatable bonds is 2. The van der Waals surface area contributed by atoms with E-state index in [-0.39, 0.29) is 21.4 Å². The average Bonchev–Trinajstić information content (AvgIpc) is 2.24. The fraction of sp³-hybridized carbons (Fsp3) is 0. The lowest BCUT2D eigenvalue weighted by molar-refractivity contribution is -0.137. The van der Waals surface area contributed by atoms with Crippen LogP contribution in [-0.4, -0.2) is 23.1 Å². The smallest absolute Gasteiger partial charge is 0.329 e. The largest absolute Gasteiger partial charge is 0.506 e. The number of aromatic hydroxyl groups is 1. The summed E-state index contributed by atoms with van der Waals surface area (Å²) in [4.78, 5) is 21.1. The Morgan fingerprint density at radius 1 is 1.41 bits per heavy atom. The molecule has 0 aliphatic heterocycles. The Balaban J connectivity index is 2.85. The van der Waals surface area contributed by atoms with Crippen molar-refractivity contribution < 1.29 is 14.7 Å². The van der Waals surface area contributed by atoms with Gasteiger partial charge in [-0.15, -0.1) is 0 Å². The van der Waals surface area contributed by atoms with Gasteiger partial charge in [0.25, 0.3) is 0 Å². The molecule has 0 fully saturated rings. The number of primary amides is 1. The summed E-state index contributed by atoms with van der Waals surface area (Å²) in [5.41, 5.74) is 6.72. The van der Waals surface area contributed by atoms with Crippen LogP contribution in [0.5, 0.6) is 5.75 Å². The SMILES string of the molecule is NC(=O)C(=O)NN=Cc1cc(Cl)cc(Cl)c1O. The molecule has 0 aliphatic rings. The number of hydrazone groups is 1. The number of nitrogens with two attached hydrogens (primary N) is 1. The molecule has 0 radical (unpaired) electrons. The Morgan fingerprint density at radius 3 is 2.65 bits per heavy atom. The molecule has 0 atom stereocenters. The second-order valence-corrected chi connectivity index (χ2v) is 3.73. The van der Waals surface area contributed by atoms with Crippen LogP contribution in [0.3, 0.4) is 0 Å². The number of phenols is 1. The molecule has 90 valence electrons. The van der Waals surface area contributed by atoms with Crippen LogP contribution < -0.4 is 11.2 Å². The standard InChI is InChI=1S/C9H7Cl2N3O3/c10-5-1-4(7(15)6(11)2-5)3-13-14-9(17)8(12)16/h1-3,15H,(H2,12,16)(H,14,17). The van der Waals surface area contributed by atoms with E-state index in [1.165, 1.54) is 12.1 Å². The van der Waals surface area contributed by atoms with Crippen molar-refractivity contribution in [3.8, 4) is 5.75 Å². The lowest BCUT2D eigenvalue weighted by Crippen LogP contribution is -2.32. The normalized spacial score (nSPS) is 10.5. The maximum absolute atomic E-state index is 10.7. The van der Waals surface area contributed by atoms with E-state index in [9.17, 15) is 14.7 Å². The molecule has 6 nitrogen and oxygen atoms in total. The van der Waals surface area contributed by atoms with Crippen LogP contribution in [0.2, 0.25) is 10.0 Å². The topological polar surface area (TPSA) is 105 Å². The Morgan fingerprint density at radius 2 is 2.06 bits per heavy atom. The quantitative estimate of drug-likeness (QED) is 0.419. The zero-order valence-electron chi connectivity index (χ0n) is 8.28. The molecule has 0 saturated carbocycles. The van der Waals surface area contributed by atoms with E-state index in [2.05, 4.69) is 10.8 Å². The predicted octanol–water partition coefficient (Wildman–Crippen LogP) is 0.634. The molecule has 2 amide bonds. The Hall–Kier alpha value is -1.79. The van der Waals surface area contributed by atoms with Crippen LogP contribution in [0.15, 0.2) is 17.2 Å². The van der Waals surface area contributed by atoms with Gasteiger partial charge >= 0.3 is 11.8 Å². The van der Waals surface area contributed by atoms with Gasteiger partial charge in [-0.1, -0.05) is 23.2 Å². The van der Waals surface area contributed by atoms with Gasteiger partial charge in [0, 0.05) is 10.6 Å². The minimum Gasteiger partial charge on any atom is -0.506 e. The van der Waals surface area contributed by atoms with E-state index in [4.69, 9.17) is 23.2 Å². The lowest BCUT2D eigenvalue weighted by Gasteiger charge is -2.02. The van der Waals surface area contributed by atoms with Crippen molar-refractivity contribution in [3.05, 3.63) is 27.7 Å². The molecule has 0 aliphatic carbocycles. The summed E-state index contributed by atoms with van der Waals surface area (Å²) in [5.74, 6) is -2.49. The van der Waals surface area contributed by atoms with Crippen molar-refractivity contribution in [2.45, 2.75) is 0 Å². The summed E-state index contributed by atoms with van der Waals surface area (Å²) in [5, 5.41) is 13.2. The van der Waals surface area contributed by atoms with Crippen molar-refractivity contribution in [1.29, 1.82) is 0 Å². The number of carbonyl (C=O) groups excluding carboxylic acids is 2. The maximum Gasteiger partial charge on any atom is 0.329 e. The van der Waals surface area contributed by atoms with Gasteiger partial charge in [-0.05, 0) is 12.1 Å². The number of benzene rings is 1. The minimum absolute atomic E-state index is 0.0418. The van der Waals surface area contributed by atoms with Gasteiger partial charge in [0.2, 0.25) is 0 Å². The van der Waals surface area contributed by atoms with E-state index in [1.54, 1.807) is 0 Å². The van der Waals surface area contributed by atoms with E-state index in [1.807, 2.05) is 5.43 Å². The molecule has 0 bridgehead atoms. The number of phenolic OH excluding ortho intramolecular Hbond substituents is 1. The molecule has 17 heavy (non-hydrogen) atoms. The molecule has 0 saturated heterocycles. The minimum atomic E-state index is -1.17. The van der Waals surface area contributed by atoms with Crippen molar-refractivity contribution in [2.24, 2.45) is 10.8 Å². The summed E-state index contributed by atoms with van der Waals surface area (Å²) in [6, 6.07) is 2.72. The van der Waals surface area contributed by atoms with E-state index in [0.717, 1.165) is 6.21 Å². The van der Waals surface area contributed by atoms with Crippen molar-refractivity contribution in [1.82, 2.24) is 5.43 Å². The first-order chi connectivity index (χ1) is 7.91. The first-order valence-corrected chi connectivity index (χ1v) is 4.98. The van der Waals surface area contributed by atoms with Gasteiger partial charge in [0.1, 0.15) is 5.75 Å². The molecule has 1 rings (SSSR count). The number of hydrogen-bond donors (Lipinski definition) is 3. The number of nitrogens with zero attached hydrogens (tertiary/aromatic N) is 1. The van der Waals surface area contributed by atoms with Crippen LogP contribution >= 0.6 is 23.2 Å². The summed E-state index contributed by atoms with van der Waals surface area (Å²) in [6.07, 6.45) is 1.08. The average molecular weight is 276 g/mol. The molecule has 0 aromatic heterocycles.